The van der Waals surface area contributed by atoms with Crippen molar-refractivity contribution in [1.29, 1.82) is 0 Å². The van der Waals surface area contributed by atoms with Crippen LogP contribution in [0.15, 0.2) is 12.4 Å². The van der Waals surface area contributed by atoms with E-state index in [9.17, 15) is 5.11 Å². The van der Waals surface area contributed by atoms with Crippen LogP contribution in [0.5, 0.6) is 0 Å². The molecule has 2 unspecified atom stereocenters. The van der Waals surface area contributed by atoms with E-state index in [1.807, 2.05) is 17.1 Å². The molecule has 1 aliphatic heterocycles. The van der Waals surface area contributed by atoms with Gasteiger partial charge in [0.15, 0.2) is 0 Å². The molecule has 0 saturated carbocycles. The molecule has 1 saturated heterocycles. The van der Waals surface area contributed by atoms with Crippen LogP contribution in [0.1, 0.15) is 25.3 Å². The van der Waals surface area contributed by atoms with E-state index in [-0.39, 0.29) is 6.10 Å². The summed E-state index contributed by atoms with van der Waals surface area (Å²) in [6.45, 7) is 4.48. The number of ether oxygens (including phenoxy) is 1. The minimum absolute atomic E-state index is 0.290. The average Bonchev–Trinajstić information content (AvgIpc) is 2.78. The highest BCUT2D eigenvalue weighted by Crippen LogP contribution is 2.20. The Balaban J connectivity index is 1.87. The van der Waals surface area contributed by atoms with E-state index in [1.54, 1.807) is 0 Å². The Morgan fingerprint density at radius 3 is 3.19 bits per heavy atom. The van der Waals surface area contributed by atoms with Crippen LogP contribution in [0.3, 0.4) is 0 Å². The van der Waals surface area contributed by atoms with Gasteiger partial charge in [-0.3, -0.25) is 4.68 Å². The molecule has 0 aromatic carbocycles. The molecule has 1 aliphatic rings. The molecular formula is C12H20N2O2. The van der Waals surface area contributed by atoms with Crippen LogP contribution in [0.25, 0.3) is 0 Å². The first-order valence-corrected chi connectivity index (χ1v) is 6.06. The molecule has 2 atom stereocenters. The summed E-state index contributed by atoms with van der Waals surface area (Å²) in [5.41, 5.74) is 1.11. The van der Waals surface area contributed by atoms with Crippen molar-refractivity contribution in [2.45, 2.75) is 38.8 Å². The topological polar surface area (TPSA) is 47.3 Å². The van der Waals surface area contributed by atoms with E-state index in [2.05, 4.69) is 12.0 Å². The van der Waals surface area contributed by atoms with Crippen molar-refractivity contribution in [3.05, 3.63) is 18.0 Å². The molecule has 16 heavy (non-hydrogen) atoms. The number of nitrogens with zero attached hydrogens (tertiary/aromatic N) is 2. The Labute approximate surface area is 96.2 Å². The van der Waals surface area contributed by atoms with Gasteiger partial charge in [0, 0.05) is 31.7 Å². The standard InChI is InChI=1S/C12H20N2O2/c1-2-14-8-10(7-13-14)6-12(15)11-4-3-5-16-9-11/h7-8,11-12,15H,2-6,9H2,1H3. The normalized spacial score (nSPS) is 23.2. The molecule has 1 aromatic heterocycles. The fraction of sp³-hybridized carbons (Fsp3) is 0.750. The molecule has 1 aromatic rings. The molecule has 0 radical (unpaired) electrons. The predicted octanol–water partition coefficient (Wildman–Crippen LogP) is 1.23. The first-order valence-electron chi connectivity index (χ1n) is 6.06. The fourth-order valence-corrected chi connectivity index (χ4v) is 2.16. The lowest BCUT2D eigenvalue weighted by Crippen LogP contribution is -2.30. The van der Waals surface area contributed by atoms with Crippen molar-refractivity contribution in [1.82, 2.24) is 9.78 Å². The lowest BCUT2D eigenvalue weighted by molar-refractivity contribution is -0.00847. The zero-order chi connectivity index (χ0) is 11.4. The number of rotatable bonds is 4. The largest absolute Gasteiger partial charge is 0.392 e. The van der Waals surface area contributed by atoms with E-state index in [1.165, 1.54) is 0 Å². The lowest BCUT2D eigenvalue weighted by Gasteiger charge is -2.26. The summed E-state index contributed by atoms with van der Waals surface area (Å²) in [6.07, 6.45) is 6.38. The third kappa shape index (κ3) is 2.83. The van der Waals surface area contributed by atoms with Crippen LogP contribution < -0.4 is 0 Å². The van der Waals surface area contributed by atoms with Gasteiger partial charge in [-0.15, -0.1) is 0 Å². The molecule has 0 amide bonds. The fourth-order valence-electron chi connectivity index (χ4n) is 2.16. The summed E-state index contributed by atoms with van der Waals surface area (Å²) in [6, 6.07) is 0. The molecule has 0 bridgehead atoms. The Hall–Kier alpha value is -0.870. The van der Waals surface area contributed by atoms with Crippen LogP contribution in [-0.4, -0.2) is 34.2 Å². The van der Waals surface area contributed by atoms with Crippen molar-refractivity contribution in [2.75, 3.05) is 13.2 Å². The Kier molecular flexibility index (Phi) is 3.96. The number of aliphatic hydroxyl groups excluding tert-OH is 1. The summed E-state index contributed by atoms with van der Waals surface area (Å²) in [7, 11) is 0. The smallest absolute Gasteiger partial charge is 0.0631 e. The van der Waals surface area contributed by atoms with Crippen LogP contribution >= 0.6 is 0 Å². The minimum Gasteiger partial charge on any atom is -0.392 e. The molecule has 4 nitrogen and oxygen atoms in total. The first kappa shape index (κ1) is 11.6. The molecule has 2 heterocycles. The molecule has 1 fully saturated rings. The van der Waals surface area contributed by atoms with Gasteiger partial charge < -0.3 is 9.84 Å². The number of hydrogen-bond acceptors (Lipinski definition) is 3. The van der Waals surface area contributed by atoms with Crippen LogP contribution in [0.2, 0.25) is 0 Å². The number of aromatic nitrogens is 2. The molecule has 1 N–H and O–H groups in total. The zero-order valence-electron chi connectivity index (χ0n) is 9.80. The highest BCUT2D eigenvalue weighted by molar-refractivity contribution is 5.05. The molecule has 0 aliphatic carbocycles. The Morgan fingerprint density at radius 1 is 1.69 bits per heavy atom. The summed E-state index contributed by atoms with van der Waals surface area (Å²) in [5, 5.41) is 14.3. The van der Waals surface area contributed by atoms with Gasteiger partial charge in [-0.1, -0.05) is 0 Å². The quantitative estimate of drug-likeness (QED) is 0.837. The molecular weight excluding hydrogens is 204 g/mol. The lowest BCUT2D eigenvalue weighted by atomic mass is 9.92. The van der Waals surface area contributed by atoms with Gasteiger partial charge in [-0.2, -0.15) is 5.10 Å². The maximum absolute atomic E-state index is 10.1. The minimum atomic E-state index is -0.296. The molecule has 4 heteroatoms. The van der Waals surface area contributed by atoms with Crippen molar-refractivity contribution < 1.29 is 9.84 Å². The van der Waals surface area contributed by atoms with Crippen molar-refractivity contribution in [3.63, 3.8) is 0 Å². The van der Waals surface area contributed by atoms with Gasteiger partial charge in [-0.05, 0) is 25.3 Å². The van der Waals surface area contributed by atoms with Crippen LogP contribution in [0.4, 0.5) is 0 Å². The third-order valence-corrected chi connectivity index (χ3v) is 3.20. The van der Waals surface area contributed by atoms with Crippen molar-refractivity contribution >= 4 is 0 Å². The first-order chi connectivity index (χ1) is 7.79. The van der Waals surface area contributed by atoms with Crippen molar-refractivity contribution in [2.24, 2.45) is 5.92 Å². The maximum atomic E-state index is 10.1. The third-order valence-electron chi connectivity index (χ3n) is 3.20. The van der Waals surface area contributed by atoms with Gasteiger partial charge in [0.05, 0.1) is 18.9 Å². The number of aliphatic hydroxyl groups is 1. The van der Waals surface area contributed by atoms with E-state index in [0.717, 1.165) is 31.6 Å². The SMILES string of the molecule is CCn1cc(CC(O)C2CCCOC2)cn1. The summed E-state index contributed by atoms with van der Waals surface area (Å²) >= 11 is 0. The van der Waals surface area contributed by atoms with E-state index >= 15 is 0 Å². The van der Waals surface area contributed by atoms with Gasteiger partial charge in [0.2, 0.25) is 0 Å². The van der Waals surface area contributed by atoms with Crippen LogP contribution in [0, 0.1) is 5.92 Å². The van der Waals surface area contributed by atoms with Gasteiger partial charge >= 0.3 is 0 Å². The van der Waals surface area contributed by atoms with E-state index in [4.69, 9.17) is 4.74 Å². The highest BCUT2D eigenvalue weighted by Gasteiger charge is 2.22. The Bertz CT molecular complexity index is 319. The number of aryl methyl sites for hydroxylation is 1. The van der Waals surface area contributed by atoms with E-state index < -0.39 is 0 Å². The maximum Gasteiger partial charge on any atom is 0.0631 e. The molecule has 90 valence electrons. The van der Waals surface area contributed by atoms with Crippen molar-refractivity contribution in [3.8, 4) is 0 Å². The zero-order valence-corrected chi connectivity index (χ0v) is 9.80. The van der Waals surface area contributed by atoms with Gasteiger partial charge in [0.25, 0.3) is 0 Å². The summed E-state index contributed by atoms with van der Waals surface area (Å²) in [4.78, 5) is 0. The predicted molar refractivity (Wildman–Crippen MR) is 61.2 cm³/mol. The second-order valence-corrected chi connectivity index (χ2v) is 4.45. The molecule has 0 spiro atoms. The molecule has 2 rings (SSSR count). The summed E-state index contributed by atoms with van der Waals surface area (Å²) in [5.74, 6) is 0.290. The van der Waals surface area contributed by atoms with E-state index in [0.29, 0.717) is 18.9 Å². The Morgan fingerprint density at radius 2 is 2.56 bits per heavy atom. The van der Waals surface area contributed by atoms with Crippen LogP contribution in [-0.2, 0) is 17.7 Å². The second-order valence-electron chi connectivity index (χ2n) is 4.45. The second kappa shape index (κ2) is 5.46. The average molecular weight is 224 g/mol. The summed E-state index contributed by atoms with van der Waals surface area (Å²) < 4.78 is 7.27. The van der Waals surface area contributed by atoms with Gasteiger partial charge in [0.1, 0.15) is 0 Å². The van der Waals surface area contributed by atoms with Gasteiger partial charge in [-0.25, -0.2) is 0 Å². The highest BCUT2D eigenvalue weighted by atomic mass is 16.5. The monoisotopic (exact) mass is 224 g/mol. The number of hydrogen-bond donors (Lipinski definition) is 1.